The second-order valence-corrected chi connectivity index (χ2v) is 2.73. The Labute approximate surface area is 76.0 Å². The fourth-order valence-electron chi connectivity index (χ4n) is 0.971. The van der Waals surface area contributed by atoms with Gasteiger partial charge in [-0.3, -0.25) is 0 Å². The first-order valence-electron chi connectivity index (χ1n) is 3.38. The molecule has 1 rings (SSSR count). The maximum atomic E-state index is 10.6. The SMILES string of the molecule is Cc1cc(NS)cc(C(=O)O)c1. The highest BCUT2D eigenvalue weighted by molar-refractivity contribution is 7.81. The van der Waals surface area contributed by atoms with E-state index >= 15 is 0 Å². The van der Waals surface area contributed by atoms with E-state index in [1.165, 1.54) is 6.07 Å². The van der Waals surface area contributed by atoms with E-state index in [1.54, 1.807) is 6.07 Å². The number of nitrogens with one attached hydrogen (secondary N) is 1. The molecular formula is C8H9NO2S. The first-order chi connectivity index (χ1) is 5.63. The van der Waals surface area contributed by atoms with Gasteiger partial charge in [0.25, 0.3) is 0 Å². The standard InChI is InChI=1S/C8H9NO2S/c1-5-2-6(8(10)11)4-7(3-5)9-12/h2-4,9,12H,1H3,(H,10,11). The molecule has 2 N–H and O–H groups in total. The van der Waals surface area contributed by atoms with Gasteiger partial charge in [-0.15, -0.1) is 0 Å². The van der Waals surface area contributed by atoms with Crippen molar-refractivity contribution < 1.29 is 9.90 Å². The second kappa shape index (κ2) is 3.49. The first-order valence-corrected chi connectivity index (χ1v) is 3.83. The minimum absolute atomic E-state index is 0.270. The van der Waals surface area contributed by atoms with Crippen LogP contribution in [0.15, 0.2) is 18.2 Å². The molecular weight excluding hydrogens is 174 g/mol. The molecule has 0 spiro atoms. The monoisotopic (exact) mass is 183 g/mol. The molecule has 1 aromatic carbocycles. The number of aromatic carboxylic acids is 1. The van der Waals surface area contributed by atoms with Gasteiger partial charge in [0, 0.05) is 5.69 Å². The average Bonchev–Trinajstić information content (AvgIpc) is 2.03. The molecule has 0 aliphatic rings. The number of rotatable bonds is 2. The van der Waals surface area contributed by atoms with E-state index in [2.05, 4.69) is 17.5 Å². The summed E-state index contributed by atoms with van der Waals surface area (Å²) in [6, 6.07) is 4.96. The summed E-state index contributed by atoms with van der Waals surface area (Å²) < 4.78 is 2.59. The van der Waals surface area contributed by atoms with Crippen molar-refractivity contribution in [3.8, 4) is 0 Å². The number of carboxylic acid groups (broad SMARTS) is 1. The number of benzene rings is 1. The Hall–Kier alpha value is -1.16. The average molecular weight is 183 g/mol. The molecule has 0 aliphatic carbocycles. The molecule has 0 bridgehead atoms. The predicted octanol–water partition coefficient (Wildman–Crippen LogP) is 1.95. The number of hydrogen-bond acceptors (Lipinski definition) is 3. The summed E-state index contributed by atoms with van der Waals surface area (Å²) in [6.45, 7) is 1.83. The van der Waals surface area contributed by atoms with Crippen molar-refractivity contribution in [2.75, 3.05) is 4.72 Å². The van der Waals surface area contributed by atoms with E-state index in [0.717, 1.165) is 5.56 Å². The lowest BCUT2D eigenvalue weighted by atomic mass is 10.1. The van der Waals surface area contributed by atoms with E-state index in [1.807, 2.05) is 13.0 Å². The zero-order valence-electron chi connectivity index (χ0n) is 6.53. The van der Waals surface area contributed by atoms with Crippen molar-refractivity contribution in [1.82, 2.24) is 0 Å². The summed E-state index contributed by atoms with van der Waals surface area (Å²) in [5.74, 6) is -0.927. The summed E-state index contributed by atoms with van der Waals surface area (Å²) in [4.78, 5) is 10.6. The van der Waals surface area contributed by atoms with Gasteiger partial charge in [0.2, 0.25) is 0 Å². The summed E-state index contributed by atoms with van der Waals surface area (Å²) in [5.41, 5.74) is 1.86. The third-order valence-electron chi connectivity index (χ3n) is 1.45. The quantitative estimate of drug-likeness (QED) is 0.614. The van der Waals surface area contributed by atoms with Crippen molar-refractivity contribution in [3.05, 3.63) is 29.3 Å². The molecule has 0 radical (unpaired) electrons. The highest BCUT2D eigenvalue weighted by Gasteiger charge is 2.03. The molecule has 3 nitrogen and oxygen atoms in total. The van der Waals surface area contributed by atoms with Gasteiger partial charge in [-0.1, -0.05) is 12.8 Å². The van der Waals surface area contributed by atoms with Crippen LogP contribution in [-0.4, -0.2) is 11.1 Å². The number of thiol groups is 1. The van der Waals surface area contributed by atoms with Crippen molar-refractivity contribution in [1.29, 1.82) is 0 Å². The minimum Gasteiger partial charge on any atom is -0.478 e. The zero-order chi connectivity index (χ0) is 9.14. The molecule has 1 aromatic rings. The van der Waals surface area contributed by atoms with Gasteiger partial charge >= 0.3 is 5.97 Å². The van der Waals surface area contributed by atoms with E-state index in [4.69, 9.17) is 5.11 Å². The maximum absolute atomic E-state index is 10.6. The van der Waals surface area contributed by atoms with Gasteiger partial charge in [-0.25, -0.2) is 4.79 Å². The molecule has 0 saturated carbocycles. The summed E-state index contributed by atoms with van der Waals surface area (Å²) in [7, 11) is 0. The minimum atomic E-state index is -0.927. The number of aryl methyl sites for hydroxylation is 1. The molecule has 0 aromatic heterocycles. The van der Waals surface area contributed by atoms with Gasteiger partial charge in [0.1, 0.15) is 0 Å². The molecule has 0 amide bonds. The predicted molar refractivity (Wildman–Crippen MR) is 50.7 cm³/mol. The highest BCUT2D eigenvalue weighted by atomic mass is 32.1. The molecule has 0 fully saturated rings. The molecule has 12 heavy (non-hydrogen) atoms. The third-order valence-corrected chi connectivity index (χ3v) is 1.71. The van der Waals surface area contributed by atoms with Crippen LogP contribution in [-0.2, 0) is 0 Å². The van der Waals surface area contributed by atoms with Crippen LogP contribution in [0.3, 0.4) is 0 Å². The Morgan fingerprint density at radius 2 is 2.17 bits per heavy atom. The van der Waals surface area contributed by atoms with Gasteiger partial charge < -0.3 is 9.83 Å². The summed E-state index contributed by atoms with van der Waals surface area (Å²) in [6.07, 6.45) is 0. The molecule has 0 aliphatic heterocycles. The molecule has 0 unspecified atom stereocenters. The van der Waals surface area contributed by atoms with Crippen molar-refractivity contribution >= 4 is 24.5 Å². The molecule has 64 valence electrons. The van der Waals surface area contributed by atoms with Gasteiger partial charge in [0.15, 0.2) is 0 Å². The fraction of sp³-hybridized carbons (Fsp3) is 0.125. The number of carbonyl (C=O) groups is 1. The Bertz CT molecular complexity index is 312. The van der Waals surface area contributed by atoms with Crippen LogP contribution >= 0.6 is 12.8 Å². The lowest BCUT2D eigenvalue weighted by Crippen LogP contribution is -1.97. The summed E-state index contributed by atoms with van der Waals surface area (Å²) >= 11 is 3.83. The Morgan fingerprint density at radius 1 is 1.50 bits per heavy atom. The zero-order valence-corrected chi connectivity index (χ0v) is 7.43. The lowest BCUT2D eigenvalue weighted by Gasteiger charge is -2.02. The van der Waals surface area contributed by atoms with E-state index in [-0.39, 0.29) is 5.56 Å². The Balaban J connectivity index is 3.15. The van der Waals surface area contributed by atoms with Crippen LogP contribution in [0.1, 0.15) is 15.9 Å². The second-order valence-electron chi connectivity index (χ2n) is 2.50. The molecule has 0 saturated heterocycles. The molecule has 0 heterocycles. The smallest absolute Gasteiger partial charge is 0.335 e. The van der Waals surface area contributed by atoms with Crippen LogP contribution in [0.2, 0.25) is 0 Å². The van der Waals surface area contributed by atoms with Crippen LogP contribution in [0.4, 0.5) is 5.69 Å². The lowest BCUT2D eigenvalue weighted by molar-refractivity contribution is 0.0697. The summed E-state index contributed by atoms with van der Waals surface area (Å²) in [5, 5.41) is 8.68. The first kappa shape index (κ1) is 8.93. The van der Waals surface area contributed by atoms with E-state index in [0.29, 0.717) is 5.69 Å². The molecule has 4 heteroatoms. The van der Waals surface area contributed by atoms with Gasteiger partial charge in [-0.05, 0) is 30.7 Å². The third kappa shape index (κ3) is 1.92. The van der Waals surface area contributed by atoms with E-state index in [9.17, 15) is 4.79 Å². The van der Waals surface area contributed by atoms with Crippen molar-refractivity contribution in [2.24, 2.45) is 0 Å². The highest BCUT2D eigenvalue weighted by Crippen LogP contribution is 2.14. The van der Waals surface area contributed by atoms with E-state index < -0.39 is 5.97 Å². The van der Waals surface area contributed by atoms with Crippen LogP contribution < -0.4 is 4.72 Å². The fourth-order valence-corrected chi connectivity index (χ4v) is 1.10. The van der Waals surface area contributed by atoms with Crippen molar-refractivity contribution in [2.45, 2.75) is 6.92 Å². The number of anilines is 1. The van der Waals surface area contributed by atoms with Crippen LogP contribution in [0, 0.1) is 6.92 Å². The Morgan fingerprint density at radius 3 is 2.67 bits per heavy atom. The maximum Gasteiger partial charge on any atom is 0.335 e. The van der Waals surface area contributed by atoms with Crippen LogP contribution in [0.25, 0.3) is 0 Å². The normalized spacial score (nSPS) is 9.50. The van der Waals surface area contributed by atoms with Crippen LogP contribution in [0.5, 0.6) is 0 Å². The topological polar surface area (TPSA) is 49.3 Å². The molecule has 0 atom stereocenters. The van der Waals surface area contributed by atoms with Gasteiger partial charge in [0.05, 0.1) is 5.56 Å². The Kier molecular flexibility index (Phi) is 2.60. The van der Waals surface area contributed by atoms with Crippen molar-refractivity contribution in [3.63, 3.8) is 0 Å². The number of hydrogen-bond donors (Lipinski definition) is 3. The largest absolute Gasteiger partial charge is 0.478 e. The number of carboxylic acids is 1. The van der Waals surface area contributed by atoms with Gasteiger partial charge in [-0.2, -0.15) is 0 Å².